The lowest BCUT2D eigenvalue weighted by Gasteiger charge is -2.07. The zero-order valence-corrected chi connectivity index (χ0v) is 11.6. The largest absolute Gasteiger partial charge is 0.416 e. The number of benzene rings is 1. The van der Waals surface area contributed by atoms with Gasteiger partial charge in [-0.3, -0.25) is 4.79 Å². The van der Waals surface area contributed by atoms with Gasteiger partial charge < -0.3 is 20.0 Å². The Hall–Kier alpha value is -1.87. The molecule has 2 aromatic rings. The monoisotopic (exact) mass is 319 g/mol. The van der Waals surface area contributed by atoms with Crippen LogP contribution in [0.2, 0.25) is 0 Å². The molecule has 1 aromatic carbocycles. The van der Waals surface area contributed by atoms with E-state index in [1.165, 1.54) is 6.07 Å². The Morgan fingerprint density at radius 3 is 2.76 bits per heavy atom. The van der Waals surface area contributed by atoms with Crippen LogP contribution in [0, 0.1) is 4.77 Å². The number of aromatic amines is 1. The van der Waals surface area contributed by atoms with Crippen molar-refractivity contribution in [3.63, 3.8) is 0 Å². The van der Waals surface area contributed by atoms with Crippen LogP contribution in [0.15, 0.2) is 18.2 Å². The minimum Gasteiger partial charge on any atom is -0.370 e. The summed E-state index contributed by atoms with van der Waals surface area (Å²) in [5, 5.41) is 0. The van der Waals surface area contributed by atoms with E-state index >= 15 is 0 Å². The van der Waals surface area contributed by atoms with Gasteiger partial charge in [0.1, 0.15) is 6.61 Å². The Bertz CT molecular complexity index is 721. The van der Waals surface area contributed by atoms with Crippen molar-refractivity contribution >= 4 is 29.2 Å². The minimum absolute atomic E-state index is 0.172. The number of carbonyl (C=O) groups excluding carboxylic acids is 1. The number of imidazole rings is 1. The van der Waals surface area contributed by atoms with Gasteiger partial charge in [0.2, 0.25) is 5.91 Å². The van der Waals surface area contributed by atoms with Crippen LogP contribution in [-0.4, -0.2) is 28.7 Å². The van der Waals surface area contributed by atoms with Crippen LogP contribution < -0.4 is 5.73 Å². The van der Waals surface area contributed by atoms with Crippen molar-refractivity contribution in [3.05, 3.63) is 28.5 Å². The fraction of sp³-hybridized carbons (Fsp3) is 0.333. The zero-order chi connectivity index (χ0) is 15.6. The van der Waals surface area contributed by atoms with Gasteiger partial charge in [-0.15, -0.1) is 0 Å². The maximum Gasteiger partial charge on any atom is 0.416 e. The van der Waals surface area contributed by atoms with Gasteiger partial charge in [0.25, 0.3) is 0 Å². The van der Waals surface area contributed by atoms with Gasteiger partial charge in [-0.05, 0) is 30.4 Å². The van der Waals surface area contributed by atoms with Crippen molar-refractivity contribution in [2.24, 2.45) is 5.73 Å². The van der Waals surface area contributed by atoms with E-state index in [0.29, 0.717) is 17.6 Å². The quantitative estimate of drug-likeness (QED) is 0.655. The van der Waals surface area contributed by atoms with E-state index in [9.17, 15) is 18.0 Å². The number of fused-ring (bicyclic) bond motifs is 1. The first-order valence-electron chi connectivity index (χ1n) is 5.95. The first-order chi connectivity index (χ1) is 9.79. The summed E-state index contributed by atoms with van der Waals surface area (Å²) in [4.78, 5) is 13.2. The van der Waals surface area contributed by atoms with Crippen LogP contribution in [0.25, 0.3) is 11.0 Å². The number of nitrogens with one attached hydrogen (secondary N) is 1. The summed E-state index contributed by atoms with van der Waals surface area (Å²) in [6.07, 6.45) is -4.41. The molecule has 2 rings (SSSR count). The van der Waals surface area contributed by atoms with E-state index in [2.05, 4.69) is 4.98 Å². The van der Waals surface area contributed by atoms with Gasteiger partial charge in [0.05, 0.1) is 23.2 Å². The molecule has 0 radical (unpaired) electrons. The standard InChI is InChI=1S/C12H12F3N3O2S/c13-12(14,15)7-1-2-9-8(5-7)17-11(21)18(9)3-4-20-6-10(16)19/h1-2,5H,3-4,6H2,(H2,16,19)(H,17,21). The molecule has 0 atom stereocenters. The summed E-state index contributed by atoms with van der Waals surface area (Å²) in [7, 11) is 0. The van der Waals surface area contributed by atoms with E-state index in [1.54, 1.807) is 4.57 Å². The van der Waals surface area contributed by atoms with Gasteiger partial charge in [0, 0.05) is 6.54 Å². The molecular formula is C12H12F3N3O2S. The Morgan fingerprint density at radius 1 is 1.43 bits per heavy atom. The topological polar surface area (TPSA) is 73.0 Å². The highest BCUT2D eigenvalue weighted by Gasteiger charge is 2.30. The van der Waals surface area contributed by atoms with Crippen molar-refractivity contribution in [2.75, 3.05) is 13.2 Å². The molecule has 0 unspecified atom stereocenters. The molecule has 114 valence electrons. The number of ether oxygens (including phenoxy) is 1. The van der Waals surface area contributed by atoms with Crippen LogP contribution in [0.1, 0.15) is 5.56 Å². The van der Waals surface area contributed by atoms with Crippen LogP contribution in [0.3, 0.4) is 0 Å². The van der Waals surface area contributed by atoms with Crippen molar-refractivity contribution in [2.45, 2.75) is 12.7 Å². The second-order valence-corrected chi connectivity index (χ2v) is 4.72. The second-order valence-electron chi connectivity index (χ2n) is 4.33. The summed E-state index contributed by atoms with van der Waals surface area (Å²) in [6.45, 7) is 0.261. The minimum atomic E-state index is -4.41. The van der Waals surface area contributed by atoms with E-state index in [-0.39, 0.29) is 18.0 Å². The molecule has 0 aliphatic carbocycles. The number of amides is 1. The van der Waals surface area contributed by atoms with E-state index < -0.39 is 17.6 Å². The Morgan fingerprint density at radius 2 is 2.14 bits per heavy atom. The number of hydrogen-bond donors (Lipinski definition) is 2. The highest BCUT2D eigenvalue weighted by molar-refractivity contribution is 7.71. The zero-order valence-electron chi connectivity index (χ0n) is 10.7. The van der Waals surface area contributed by atoms with Crippen LogP contribution >= 0.6 is 12.2 Å². The maximum atomic E-state index is 12.6. The third-order valence-electron chi connectivity index (χ3n) is 2.80. The fourth-order valence-electron chi connectivity index (χ4n) is 1.89. The molecule has 0 fully saturated rings. The lowest BCUT2D eigenvalue weighted by atomic mass is 10.2. The first kappa shape index (κ1) is 15.5. The summed E-state index contributed by atoms with van der Waals surface area (Å²) in [5.41, 5.74) is 5.01. The van der Waals surface area contributed by atoms with Crippen molar-refractivity contribution in [1.29, 1.82) is 0 Å². The number of carbonyl (C=O) groups is 1. The van der Waals surface area contributed by atoms with Gasteiger partial charge >= 0.3 is 6.18 Å². The highest BCUT2D eigenvalue weighted by Crippen LogP contribution is 2.31. The van der Waals surface area contributed by atoms with Crippen molar-refractivity contribution in [1.82, 2.24) is 9.55 Å². The molecule has 3 N–H and O–H groups in total. The summed E-state index contributed by atoms with van der Waals surface area (Å²) < 4.78 is 44.8. The molecular weight excluding hydrogens is 307 g/mol. The first-order valence-corrected chi connectivity index (χ1v) is 6.35. The third kappa shape index (κ3) is 3.61. The number of halogens is 3. The SMILES string of the molecule is NC(=O)COCCn1c(=S)[nH]c2cc(C(F)(F)F)ccc21. The molecule has 0 spiro atoms. The predicted molar refractivity (Wildman–Crippen MR) is 72.1 cm³/mol. The predicted octanol–water partition coefficient (Wildman–Crippen LogP) is 2.22. The molecule has 0 bridgehead atoms. The smallest absolute Gasteiger partial charge is 0.370 e. The van der Waals surface area contributed by atoms with Crippen molar-refractivity contribution in [3.8, 4) is 0 Å². The molecule has 9 heteroatoms. The molecule has 5 nitrogen and oxygen atoms in total. The molecule has 1 aromatic heterocycles. The molecule has 0 aliphatic heterocycles. The lowest BCUT2D eigenvalue weighted by molar-refractivity contribution is -0.137. The number of H-pyrrole nitrogens is 1. The van der Waals surface area contributed by atoms with E-state index in [1.807, 2.05) is 0 Å². The van der Waals surface area contributed by atoms with Gasteiger partial charge in [-0.2, -0.15) is 13.2 Å². The number of aromatic nitrogens is 2. The number of primary amides is 1. The fourth-order valence-corrected chi connectivity index (χ4v) is 2.19. The summed E-state index contributed by atoms with van der Waals surface area (Å²) >= 11 is 5.07. The highest BCUT2D eigenvalue weighted by atomic mass is 32.1. The van der Waals surface area contributed by atoms with Crippen LogP contribution in [-0.2, 0) is 22.3 Å². The summed E-state index contributed by atoms with van der Waals surface area (Å²) in [6, 6.07) is 3.34. The second kappa shape index (κ2) is 5.86. The summed E-state index contributed by atoms with van der Waals surface area (Å²) in [5.74, 6) is -0.590. The number of nitrogens with zero attached hydrogens (tertiary/aromatic N) is 1. The van der Waals surface area contributed by atoms with E-state index in [0.717, 1.165) is 12.1 Å². The molecule has 21 heavy (non-hydrogen) atoms. The van der Waals surface area contributed by atoms with E-state index in [4.69, 9.17) is 22.7 Å². The number of nitrogens with two attached hydrogens (primary N) is 1. The lowest BCUT2D eigenvalue weighted by Crippen LogP contribution is -2.19. The Balaban J connectivity index is 2.23. The molecule has 1 heterocycles. The van der Waals surface area contributed by atoms with Gasteiger partial charge in [-0.1, -0.05) is 0 Å². The normalized spacial score (nSPS) is 12.0. The number of rotatable bonds is 5. The molecule has 0 saturated heterocycles. The van der Waals surface area contributed by atoms with Crippen LogP contribution in [0.4, 0.5) is 13.2 Å². The Labute approximate surface area is 122 Å². The van der Waals surface area contributed by atoms with Crippen molar-refractivity contribution < 1.29 is 22.7 Å². The maximum absolute atomic E-state index is 12.6. The third-order valence-corrected chi connectivity index (χ3v) is 3.13. The van der Waals surface area contributed by atoms with Gasteiger partial charge in [0.15, 0.2) is 4.77 Å². The number of hydrogen-bond acceptors (Lipinski definition) is 3. The van der Waals surface area contributed by atoms with Gasteiger partial charge in [-0.25, -0.2) is 0 Å². The molecule has 1 amide bonds. The Kier molecular flexibility index (Phi) is 4.33. The molecule has 0 aliphatic rings. The van der Waals surface area contributed by atoms with Crippen LogP contribution in [0.5, 0.6) is 0 Å². The molecule has 0 saturated carbocycles. The average molecular weight is 319 g/mol. The average Bonchev–Trinajstić information content (AvgIpc) is 2.68. The number of alkyl halides is 3.